The van der Waals surface area contributed by atoms with Gasteiger partial charge in [-0.05, 0) is 40.0 Å². The minimum Gasteiger partial charge on any atom is -0.396 e. The van der Waals surface area contributed by atoms with E-state index in [0.29, 0.717) is 30.1 Å². The van der Waals surface area contributed by atoms with Crippen LogP contribution in [0, 0.1) is 5.82 Å². The molecule has 0 saturated carbocycles. The molecule has 3 aromatic rings. The van der Waals surface area contributed by atoms with E-state index >= 15 is 0 Å². The largest absolute Gasteiger partial charge is 0.442 e. The summed E-state index contributed by atoms with van der Waals surface area (Å²) in [6.45, 7) is 0.682. The number of nitrogens with zero attached hydrogens (tertiary/aromatic N) is 4. The molecular formula is C16H16FN5O4S. The fourth-order valence-corrected chi connectivity index (χ4v) is 3.61. The highest BCUT2D eigenvalue weighted by molar-refractivity contribution is 7.99. The number of fused-ring (bicyclic) bond motifs is 1. The predicted octanol–water partition coefficient (Wildman–Crippen LogP) is 1.31. The summed E-state index contributed by atoms with van der Waals surface area (Å²) in [5.74, 6) is 0.875. The van der Waals surface area contributed by atoms with Gasteiger partial charge in [0.2, 0.25) is 11.6 Å². The van der Waals surface area contributed by atoms with Gasteiger partial charge in [0.05, 0.1) is 12.6 Å². The molecule has 0 unspecified atom stereocenters. The molecule has 0 spiro atoms. The van der Waals surface area contributed by atoms with Crippen LogP contribution in [-0.2, 0) is 6.42 Å². The Morgan fingerprint density at radius 3 is 3.07 bits per heavy atom. The maximum Gasteiger partial charge on any atom is 0.442 e. The van der Waals surface area contributed by atoms with Crippen molar-refractivity contribution < 1.29 is 18.6 Å². The van der Waals surface area contributed by atoms with Gasteiger partial charge in [-0.2, -0.15) is 11.8 Å². The number of aromatic nitrogens is 4. The first-order chi connectivity index (χ1) is 13.2. The Morgan fingerprint density at radius 2 is 2.22 bits per heavy atom. The quantitative estimate of drug-likeness (QED) is 0.546. The van der Waals surface area contributed by atoms with Crippen LogP contribution in [0.15, 0.2) is 32.1 Å². The van der Waals surface area contributed by atoms with Crippen LogP contribution in [-0.4, -0.2) is 49.8 Å². The number of thioether (sulfide) groups is 1. The van der Waals surface area contributed by atoms with Crippen LogP contribution >= 0.6 is 11.8 Å². The lowest BCUT2D eigenvalue weighted by molar-refractivity contribution is 0.309. The van der Waals surface area contributed by atoms with Gasteiger partial charge in [-0.25, -0.2) is 18.4 Å². The third-order valence-electron chi connectivity index (χ3n) is 4.30. The van der Waals surface area contributed by atoms with Crippen LogP contribution in [0.5, 0.6) is 0 Å². The van der Waals surface area contributed by atoms with Gasteiger partial charge in [0, 0.05) is 18.1 Å². The number of rotatable bonds is 8. The highest BCUT2D eigenvalue weighted by Crippen LogP contribution is 2.38. The van der Waals surface area contributed by atoms with Crippen molar-refractivity contribution in [3.8, 4) is 11.5 Å². The van der Waals surface area contributed by atoms with Gasteiger partial charge in [-0.3, -0.25) is 4.52 Å². The predicted molar refractivity (Wildman–Crippen MR) is 95.2 cm³/mol. The van der Waals surface area contributed by atoms with Gasteiger partial charge in [-0.15, -0.1) is 0 Å². The lowest BCUT2D eigenvalue weighted by Gasteiger charge is -2.30. The van der Waals surface area contributed by atoms with Gasteiger partial charge in [0.1, 0.15) is 5.82 Å². The first kappa shape index (κ1) is 17.7. The molecule has 2 N–H and O–H groups in total. The molecule has 0 saturated heterocycles. The highest BCUT2D eigenvalue weighted by atomic mass is 32.2. The Kier molecular flexibility index (Phi) is 4.94. The van der Waals surface area contributed by atoms with E-state index in [1.54, 1.807) is 17.8 Å². The summed E-state index contributed by atoms with van der Waals surface area (Å²) in [5, 5.41) is 23.3. The second kappa shape index (κ2) is 7.53. The number of nitrogens with one attached hydrogen (secondary N) is 1. The Bertz CT molecular complexity index is 1000. The molecule has 9 nitrogen and oxygen atoms in total. The third kappa shape index (κ3) is 3.35. The molecule has 0 amide bonds. The summed E-state index contributed by atoms with van der Waals surface area (Å²) in [7, 11) is 0. The van der Waals surface area contributed by atoms with E-state index in [-0.39, 0.29) is 30.0 Å². The molecule has 0 aliphatic heterocycles. The van der Waals surface area contributed by atoms with Gasteiger partial charge in [0.25, 0.3) is 0 Å². The van der Waals surface area contributed by atoms with Crippen molar-refractivity contribution in [3.63, 3.8) is 0 Å². The normalized spacial score (nSPS) is 15.4. The molecular weight excluding hydrogens is 377 g/mol. The summed E-state index contributed by atoms with van der Waals surface area (Å²) in [5.41, 5.74) is 1.93. The van der Waals surface area contributed by atoms with Crippen molar-refractivity contribution in [1.82, 2.24) is 20.0 Å². The maximum absolute atomic E-state index is 13.6. The summed E-state index contributed by atoms with van der Waals surface area (Å²) in [6, 6.07) is 4.12. The molecule has 11 heteroatoms. The van der Waals surface area contributed by atoms with E-state index in [2.05, 4.69) is 20.8 Å². The molecule has 1 atom stereocenters. The topological polar surface area (TPSA) is 119 Å². The standard InChI is InChI=1S/C16H16FN5O4S/c17-10-2-1-9-7-12(11(9)8-10)22-15(21-25-16(22)24)13-14(20-26-19-13)18-3-5-27-6-4-23/h1-2,8,12,23H,3-7H2,(H,18,20)/t12-/m0/s1. The number of hydrogen-bond donors (Lipinski definition) is 2. The van der Waals surface area contributed by atoms with Gasteiger partial charge in [-0.1, -0.05) is 11.2 Å². The second-order valence-electron chi connectivity index (χ2n) is 5.93. The molecule has 27 heavy (non-hydrogen) atoms. The van der Waals surface area contributed by atoms with Gasteiger partial charge in [0.15, 0.2) is 5.69 Å². The highest BCUT2D eigenvalue weighted by Gasteiger charge is 2.34. The van der Waals surface area contributed by atoms with E-state index in [0.717, 1.165) is 11.3 Å². The monoisotopic (exact) mass is 393 g/mol. The summed E-state index contributed by atoms with van der Waals surface area (Å²) >= 11 is 1.58. The molecule has 2 aromatic heterocycles. The third-order valence-corrected chi connectivity index (χ3v) is 5.27. The Balaban J connectivity index is 1.59. The van der Waals surface area contributed by atoms with Gasteiger partial charge >= 0.3 is 5.76 Å². The molecule has 0 radical (unpaired) electrons. The molecule has 4 rings (SSSR count). The first-order valence-electron chi connectivity index (χ1n) is 8.31. The van der Waals surface area contributed by atoms with E-state index in [9.17, 15) is 9.18 Å². The van der Waals surface area contributed by atoms with Crippen molar-refractivity contribution in [3.05, 3.63) is 45.7 Å². The Morgan fingerprint density at radius 1 is 1.33 bits per heavy atom. The molecule has 0 bridgehead atoms. The summed E-state index contributed by atoms with van der Waals surface area (Å²) in [4.78, 5) is 12.2. The van der Waals surface area contributed by atoms with Crippen LogP contribution in [0.25, 0.3) is 11.5 Å². The van der Waals surface area contributed by atoms with Crippen LogP contribution < -0.4 is 11.1 Å². The van der Waals surface area contributed by atoms with Crippen molar-refractivity contribution in [2.75, 3.05) is 30.0 Å². The van der Waals surface area contributed by atoms with Crippen LogP contribution in [0.3, 0.4) is 0 Å². The number of aliphatic hydroxyl groups excluding tert-OH is 1. The summed E-state index contributed by atoms with van der Waals surface area (Å²) < 4.78 is 24.5. The zero-order valence-corrected chi connectivity index (χ0v) is 14.9. The maximum atomic E-state index is 13.6. The lowest BCUT2D eigenvalue weighted by Crippen LogP contribution is -2.31. The Hall–Kier alpha value is -2.66. The number of anilines is 1. The van der Waals surface area contributed by atoms with E-state index < -0.39 is 5.76 Å². The van der Waals surface area contributed by atoms with Crippen molar-refractivity contribution in [2.45, 2.75) is 12.5 Å². The fraction of sp³-hybridized carbons (Fsp3) is 0.375. The second-order valence-corrected chi connectivity index (χ2v) is 7.15. The number of halogens is 1. The molecule has 1 aromatic carbocycles. The van der Waals surface area contributed by atoms with Crippen molar-refractivity contribution in [1.29, 1.82) is 0 Å². The first-order valence-corrected chi connectivity index (χ1v) is 9.46. The molecule has 1 aliphatic carbocycles. The summed E-state index contributed by atoms with van der Waals surface area (Å²) in [6.07, 6.45) is 0.565. The molecule has 2 heterocycles. The van der Waals surface area contributed by atoms with Crippen LogP contribution in [0.4, 0.5) is 10.2 Å². The molecule has 0 fully saturated rings. The zero-order valence-electron chi connectivity index (χ0n) is 14.1. The van der Waals surface area contributed by atoms with Crippen molar-refractivity contribution in [2.24, 2.45) is 0 Å². The van der Waals surface area contributed by atoms with Gasteiger partial charge < -0.3 is 10.4 Å². The fourth-order valence-electron chi connectivity index (χ4n) is 3.03. The average Bonchev–Trinajstić information content (AvgIpc) is 3.25. The zero-order chi connectivity index (χ0) is 18.8. The SMILES string of the molecule is O=c1onc(-c2nonc2NCCSCCO)n1[C@H]1Cc2ccc(F)cc21. The lowest BCUT2D eigenvalue weighted by atomic mass is 9.83. The average molecular weight is 393 g/mol. The van der Waals surface area contributed by atoms with Crippen LogP contribution in [0.1, 0.15) is 17.2 Å². The number of benzene rings is 1. The van der Waals surface area contributed by atoms with Crippen LogP contribution in [0.2, 0.25) is 0 Å². The van der Waals surface area contributed by atoms with E-state index in [4.69, 9.17) is 14.3 Å². The minimum atomic E-state index is -0.655. The van der Waals surface area contributed by atoms with E-state index in [1.807, 2.05) is 0 Å². The smallest absolute Gasteiger partial charge is 0.396 e. The minimum absolute atomic E-state index is 0.121. The molecule has 1 aliphatic rings. The van der Waals surface area contributed by atoms with E-state index in [1.165, 1.54) is 16.7 Å². The molecule has 142 valence electrons. The number of hydrogen-bond acceptors (Lipinski definition) is 9. The number of aliphatic hydroxyl groups is 1. The van der Waals surface area contributed by atoms with Crippen molar-refractivity contribution >= 4 is 17.6 Å². The Labute approximate surface area is 156 Å².